The highest BCUT2D eigenvalue weighted by molar-refractivity contribution is 7.92. The lowest BCUT2D eigenvalue weighted by Gasteiger charge is -2.28. The molecule has 0 aliphatic heterocycles. The van der Waals surface area contributed by atoms with Crippen molar-refractivity contribution in [3.05, 3.63) is 58.6 Å². The van der Waals surface area contributed by atoms with Crippen molar-refractivity contribution in [1.29, 1.82) is 0 Å². The molecule has 1 N–H and O–H groups in total. The number of benzene rings is 2. The molecule has 28 heavy (non-hydrogen) atoms. The van der Waals surface area contributed by atoms with Crippen molar-refractivity contribution >= 4 is 44.9 Å². The standard InChI is InChI=1S/C19H21ClN2O5S/c1-12-5-8-15(9-6-12)22(28(4,25)26)13(2)18(23)21-14-7-10-17(20)16(11-14)19(24)27-3/h5-11,13H,1-4H3,(H,21,23). The maximum atomic E-state index is 12.7. The molecule has 2 aromatic rings. The number of carbonyl (C=O) groups is 2. The van der Waals surface area contributed by atoms with E-state index in [4.69, 9.17) is 11.6 Å². The SMILES string of the molecule is COC(=O)c1cc(NC(=O)C(C)N(c2ccc(C)cc2)S(C)(=O)=O)ccc1Cl. The highest BCUT2D eigenvalue weighted by Gasteiger charge is 2.29. The van der Waals surface area contributed by atoms with Gasteiger partial charge < -0.3 is 10.1 Å². The van der Waals surface area contributed by atoms with Gasteiger partial charge in [-0.15, -0.1) is 0 Å². The number of aryl methyl sites for hydroxylation is 1. The van der Waals surface area contributed by atoms with Gasteiger partial charge in [-0.2, -0.15) is 0 Å². The van der Waals surface area contributed by atoms with Gasteiger partial charge in [0, 0.05) is 5.69 Å². The number of anilines is 2. The number of ether oxygens (including phenoxy) is 1. The molecule has 0 spiro atoms. The first-order valence-electron chi connectivity index (χ1n) is 8.29. The summed E-state index contributed by atoms with van der Waals surface area (Å²) in [7, 11) is -2.50. The lowest BCUT2D eigenvalue weighted by atomic mass is 10.2. The molecule has 0 saturated carbocycles. The van der Waals surface area contributed by atoms with E-state index in [2.05, 4.69) is 10.1 Å². The number of hydrogen-bond donors (Lipinski definition) is 1. The molecule has 1 atom stereocenters. The molecule has 0 fully saturated rings. The fourth-order valence-corrected chi connectivity index (χ4v) is 3.99. The summed E-state index contributed by atoms with van der Waals surface area (Å²) in [6, 6.07) is 10.1. The van der Waals surface area contributed by atoms with Gasteiger partial charge in [0.25, 0.3) is 0 Å². The number of carbonyl (C=O) groups excluding carboxylic acids is 2. The number of amides is 1. The molecule has 9 heteroatoms. The van der Waals surface area contributed by atoms with E-state index in [-0.39, 0.29) is 10.6 Å². The van der Waals surface area contributed by atoms with Crippen LogP contribution in [0.2, 0.25) is 5.02 Å². The van der Waals surface area contributed by atoms with Crippen molar-refractivity contribution in [2.45, 2.75) is 19.9 Å². The maximum Gasteiger partial charge on any atom is 0.339 e. The van der Waals surface area contributed by atoms with Gasteiger partial charge in [-0.05, 0) is 44.2 Å². The van der Waals surface area contributed by atoms with E-state index >= 15 is 0 Å². The summed E-state index contributed by atoms with van der Waals surface area (Å²) in [6.45, 7) is 3.36. The Morgan fingerprint density at radius 1 is 1.14 bits per heavy atom. The molecule has 150 valence electrons. The van der Waals surface area contributed by atoms with Gasteiger partial charge >= 0.3 is 5.97 Å². The van der Waals surface area contributed by atoms with Crippen molar-refractivity contribution in [3.63, 3.8) is 0 Å². The Kier molecular flexibility index (Phi) is 6.69. The van der Waals surface area contributed by atoms with E-state index in [1.807, 2.05) is 6.92 Å². The Morgan fingerprint density at radius 2 is 1.75 bits per heavy atom. The lowest BCUT2D eigenvalue weighted by Crippen LogP contribution is -2.45. The normalized spacial score (nSPS) is 12.2. The van der Waals surface area contributed by atoms with Crippen LogP contribution in [-0.2, 0) is 19.6 Å². The van der Waals surface area contributed by atoms with Gasteiger partial charge in [-0.3, -0.25) is 9.10 Å². The van der Waals surface area contributed by atoms with E-state index < -0.39 is 27.9 Å². The fraction of sp³-hybridized carbons (Fsp3) is 0.263. The van der Waals surface area contributed by atoms with Crippen LogP contribution in [0.5, 0.6) is 0 Å². The Hall–Kier alpha value is -2.58. The predicted octanol–water partition coefficient (Wildman–Crippen LogP) is 3.23. The summed E-state index contributed by atoms with van der Waals surface area (Å²) in [5, 5.41) is 2.79. The number of nitrogens with one attached hydrogen (secondary N) is 1. The number of sulfonamides is 1. The average molecular weight is 425 g/mol. The van der Waals surface area contributed by atoms with Crippen LogP contribution in [-0.4, -0.2) is 39.7 Å². The minimum atomic E-state index is -3.72. The summed E-state index contributed by atoms with van der Waals surface area (Å²) in [5.74, 6) is -1.21. The third-order valence-corrected chi connectivity index (χ3v) is 5.59. The van der Waals surface area contributed by atoms with Crippen LogP contribution in [0.3, 0.4) is 0 Å². The molecule has 0 saturated heterocycles. The second-order valence-electron chi connectivity index (χ2n) is 6.25. The first-order chi connectivity index (χ1) is 13.0. The van der Waals surface area contributed by atoms with Crippen LogP contribution in [0.1, 0.15) is 22.8 Å². The number of esters is 1. The van der Waals surface area contributed by atoms with E-state index in [1.54, 1.807) is 24.3 Å². The van der Waals surface area contributed by atoms with Gasteiger partial charge in [0.2, 0.25) is 15.9 Å². The van der Waals surface area contributed by atoms with Crippen LogP contribution in [0.15, 0.2) is 42.5 Å². The number of halogens is 1. The lowest BCUT2D eigenvalue weighted by molar-refractivity contribution is -0.116. The smallest absolute Gasteiger partial charge is 0.339 e. The zero-order valence-corrected chi connectivity index (χ0v) is 17.5. The van der Waals surface area contributed by atoms with Crippen LogP contribution in [0.4, 0.5) is 11.4 Å². The fourth-order valence-electron chi connectivity index (χ4n) is 2.62. The van der Waals surface area contributed by atoms with Crippen molar-refractivity contribution < 1.29 is 22.7 Å². The van der Waals surface area contributed by atoms with Crippen molar-refractivity contribution in [1.82, 2.24) is 0 Å². The molecule has 0 aliphatic rings. The van der Waals surface area contributed by atoms with Gasteiger partial charge in [-0.25, -0.2) is 13.2 Å². The maximum absolute atomic E-state index is 12.7. The van der Waals surface area contributed by atoms with E-state index in [0.29, 0.717) is 11.4 Å². The summed E-state index contributed by atoms with van der Waals surface area (Å²) < 4.78 is 30.3. The van der Waals surface area contributed by atoms with Crippen molar-refractivity contribution in [3.8, 4) is 0 Å². The molecule has 2 rings (SSSR count). The Labute approximate surface area is 169 Å². The molecular weight excluding hydrogens is 404 g/mol. The molecule has 0 heterocycles. The zero-order chi connectivity index (χ0) is 21.1. The topological polar surface area (TPSA) is 92.8 Å². The van der Waals surface area contributed by atoms with Gasteiger partial charge in [0.1, 0.15) is 6.04 Å². The quantitative estimate of drug-likeness (QED) is 0.718. The number of methoxy groups -OCH3 is 1. The van der Waals surface area contributed by atoms with Crippen LogP contribution in [0.25, 0.3) is 0 Å². The number of hydrogen-bond acceptors (Lipinski definition) is 5. The van der Waals surface area contributed by atoms with Crippen molar-refractivity contribution in [2.75, 3.05) is 23.0 Å². The first-order valence-corrected chi connectivity index (χ1v) is 10.5. The Bertz CT molecular complexity index is 990. The summed E-state index contributed by atoms with van der Waals surface area (Å²) in [5.41, 5.74) is 1.72. The van der Waals surface area contributed by atoms with Crippen molar-refractivity contribution in [2.24, 2.45) is 0 Å². The molecule has 1 unspecified atom stereocenters. The minimum Gasteiger partial charge on any atom is -0.465 e. The summed E-state index contributed by atoms with van der Waals surface area (Å²) >= 11 is 5.97. The minimum absolute atomic E-state index is 0.0909. The molecule has 2 aromatic carbocycles. The highest BCUT2D eigenvalue weighted by Crippen LogP contribution is 2.24. The summed E-state index contributed by atoms with van der Waals surface area (Å²) in [6.07, 6.45) is 1.04. The molecule has 1 amide bonds. The van der Waals surface area contributed by atoms with E-state index in [0.717, 1.165) is 16.1 Å². The van der Waals surface area contributed by atoms with Crippen LogP contribution < -0.4 is 9.62 Å². The van der Waals surface area contributed by atoms with Gasteiger partial charge in [0.05, 0.1) is 29.6 Å². The largest absolute Gasteiger partial charge is 0.465 e. The van der Waals surface area contributed by atoms with Crippen LogP contribution in [0, 0.1) is 6.92 Å². The first kappa shape index (κ1) is 21.7. The summed E-state index contributed by atoms with van der Waals surface area (Å²) in [4.78, 5) is 24.5. The molecular formula is C19H21ClN2O5S. The van der Waals surface area contributed by atoms with E-state index in [9.17, 15) is 18.0 Å². The second-order valence-corrected chi connectivity index (χ2v) is 8.51. The monoisotopic (exact) mass is 424 g/mol. The predicted molar refractivity (Wildman–Crippen MR) is 109 cm³/mol. The van der Waals surface area contributed by atoms with E-state index in [1.165, 1.54) is 32.2 Å². The van der Waals surface area contributed by atoms with Gasteiger partial charge in [-0.1, -0.05) is 29.3 Å². The third kappa shape index (κ3) is 5.02. The third-order valence-electron chi connectivity index (χ3n) is 4.02. The second kappa shape index (κ2) is 8.62. The number of nitrogens with zero attached hydrogens (tertiary/aromatic N) is 1. The Morgan fingerprint density at radius 3 is 2.29 bits per heavy atom. The molecule has 0 bridgehead atoms. The average Bonchev–Trinajstić information content (AvgIpc) is 2.63. The molecule has 0 radical (unpaired) electrons. The number of rotatable bonds is 6. The molecule has 7 nitrogen and oxygen atoms in total. The molecule has 0 aliphatic carbocycles. The van der Waals surface area contributed by atoms with Gasteiger partial charge in [0.15, 0.2) is 0 Å². The highest BCUT2D eigenvalue weighted by atomic mass is 35.5. The Balaban J connectivity index is 2.31. The zero-order valence-electron chi connectivity index (χ0n) is 15.9. The molecule has 0 aromatic heterocycles. The van der Waals surface area contributed by atoms with Crippen LogP contribution >= 0.6 is 11.6 Å².